The van der Waals surface area contributed by atoms with Crippen molar-refractivity contribution < 1.29 is 14.4 Å². The van der Waals surface area contributed by atoms with Crippen LogP contribution < -0.4 is 16.4 Å². The topological polar surface area (TPSA) is 87.6 Å². The molecule has 1 aromatic carbocycles. The molecule has 0 bridgehead atoms. The minimum atomic E-state index is -0.766. The van der Waals surface area contributed by atoms with Crippen molar-refractivity contribution in [2.24, 2.45) is 11.6 Å². The summed E-state index contributed by atoms with van der Waals surface area (Å²) in [5.41, 5.74) is 6.45. The fraction of sp³-hybridized carbons (Fsp3) is 0.250. The van der Waals surface area contributed by atoms with E-state index in [1.54, 1.807) is 24.3 Å². The average molecular weight is 234 g/mol. The molecule has 5 heteroatoms. The Morgan fingerprint density at radius 3 is 2.59 bits per heavy atom. The van der Waals surface area contributed by atoms with Gasteiger partial charge < -0.3 is 15.3 Å². The Morgan fingerprint density at radius 1 is 1.41 bits per heavy atom. The third-order valence-electron chi connectivity index (χ3n) is 2.12. The summed E-state index contributed by atoms with van der Waals surface area (Å²) in [5, 5.41) is 0. The zero-order valence-electron chi connectivity index (χ0n) is 9.26. The number of rotatable bonds is 5. The first-order chi connectivity index (χ1) is 8.17. The Bertz CT molecular complexity index is 409. The van der Waals surface area contributed by atoms with E-state index >= 15 is 0 Å². The molecule has 0 aromatic heterocycles. The third-order valence-corrected chi connectivity index (χ3v) is 2.12. The predicted molar refractivity (Wildman–Crippen MR) is 62.7 cm³/mol. The molecule has 0 saturated carbocycles. The van der Waals surface area contributed by atoms with Gasteiger partial charge >= 0.3 is 5.97 Å². The van der Waals surface area contributed by atoms with E-state index in [1.807, 2.05) is 0 Å². The molecule has 0 saturated heterocycles. The second-order valence-corrected chi connectivity index (χ2v) is 3.38. The molecular weight excluding hydrogens is 220 g/mol. The number of nitrogens with two attached hydrogens (primary N) is 2. The van der Waals surface area contributed by atoms with Crippen molar-refractivity contribution in [1.29, 1.82) is 0 Å². The molecule has 1 aromatic rings. The molecule has 4 N–H and O–H groups in total. The van der Waals surface area contributed by atoms with Crippen LogP contribution in [0.2, 0.25) is 0 Å². The number of hydrogen-bond donors (Lipinski definition) is 2. The van der Waals surface area contributed by atoms with Crippen molar-refractivity contribution >= 4 is 5.97 Å². The van der Waals surface area contributed by atoms with Crippen molar-refractivity contribution in [3.05, 3.63) is 29.8 Å². The normalized spacial score (nSPS) is 11.4. The lowest BCUT2D eigenvalue weighted by atomic mass is 10.1. The smallest absolute Gasteiger partial charge is 0.341 e. The van der Waals surface area contributed by atoms with E-state index in [4.69, 9.17) is 22.8 Å². The Hall–Kier alpha value is -2.03. The van der Waals surface area contributed by atoms with Gasteiger partial charge in [0.15, 0.2) is 0 Å². The number of carbonyl (C=O) groups excluding carboxylic acids is 1. The van der Waals surface area contributed by atoms with Gasteiger partial charge in [0, 0.05) is 0 Å². The highest BCUT2D eigenvalue weighted by Crippen LogP contribution is 2.13. The third kappa shape index (κ3) is 4.15. The molecule has 17 heavy (non-hydrogen) atoms. The van der Waals surface area contributed by atoms with Gasteiger partial charge in [-0.3, -0.25) is 0 Å². The molecule has 0 heterocycles. The maximum Gasteiger partial charge on any atom is 0.341 e. The molecular formula is C12H14N2O3. The van der Waals surface area contributed by atoms with Gasteiger partial charge in [0.1, 0.15) is 18.4 Å². The maximum atomic E-state index is 11.0. The van der Waals surface area contributed by atoms with Crippen LogP contribution >= 0.6 is 0 Å². The van der Waals surface area contributed by atoms with Crippen molar-refractivity contribution in [3.8, 4) is 18.1 Å². The molecule has 0 fully saturated rings. The molecule has 0 radical (unpaired) electrons. The van der Waals surface area contributed by atoms with Gasteiger partial charge in [-0.25, -0.2) is 4.79 Å². The molecule has 0 spiro atoms. The number of hydrogen-bond acceptors (Lipinski definition) is 5. The van der Waals surface area contributed by atoms with Crippen molar-refractivity contribution in [2.45, 2.75) is 12.5 Å². The van der Waals surface area contributed by atoms with E-state index in [0.29, 0.717) is 12.2 Å². The van der Waals surface area contributed by atoms with Crippen molar-refractivity contribution in [1.82, 2.24) is 0 Å². The second-order valence-electron chi connectivity index (χ2n) is 3.38. The van der Waals surface area contributed by atoms with Gasteiger partial charge in [0.2, 0.25) is 0 Å². The number of carbonyl (C=O) groups is 1. The first-order valence-corrected chi connectivity index (χ1v) is 4.98. The molecule has 0 unspecified atom stereocenters. The van der Waals surface area contributed by atoms with Crippen molar-refractivity contribution in [3.63, 3.8) is 0 Å². The summed E-state index contributed by atoms with van der Waals surface area (Å²) in [6, 6.07) is 6.35. The van der Waals surface area contributed by atoms with Crippen LogP contribution in [0.3, 0.4) is 0 Å². The van der Waals surface area contributed by atoms with Crippen LogP contribution in [0.4, 0.5) is 0 Å². The van der Waals surface area contributed by atoms with Crippen LogP contribution in [0.25, 0.3) is 0 Å². The fourth-order valence-electron chi connectivity index (χ4n) is 1.27. The summed E-state index contributed by atoms with van der Waals surface area (Å²) in [4.78, 5) is 15.1. The van der Waals surface area contributed by atoms with Crippen LogP contribution in [-0.2, 0) is 16.1 Å². The molecule has 5 nitrogen and oxygen atoms in total. The van der Waals surface area contributed by atoms with E-state index in [1.165, 1.54) is 0 Å². The SMILES string of the molecule is C#CCOc1ccc(C[C@H](N)C(=O)ON)cc1. The van der Waals surface area contributed by atoms with E-state index < -0.39 is 12.0 Å². The Morgan fingerprint density at radius 2 is 2.06 bits per heavy atom. The van der Waals surface area contributed by atoms with Gasteiger partial charge in [-0.1, -0.05) is 18.1 Å². The van der Waals surface area contributed by atoms with E-state index in [-0.39, 0.29) is 6.61 Å². The van der Waals surface area contributed by atoms with E-state index in [0.717, 1.165) is 5.56 Å². The molecule has 0 aliphatic heterocycles. The van der Waals surface area contributed by atoms with Crippen LogP contribution in [0.15, 0.2) is 24.3 Å². The second kappa shape index (κ2) is 6.53. The van der Waals surface area contributed by atoms with Crippen LogP contribution in [0.1, 0.15) is 5.56 Å². The zero-order chi connectivity index (χ0) is 12.7. The number of benzene rings is 1. The molecule has 0 aliphatic rings. The predicted octanol–water partition coefficient (Wildman–Crippen LogP) is -0.0147. The van der Waals surface area contributed by atoms with Gasteiger partial charge in [-0.2, -0.15) is 5.90 Å². The summed E-state index contributed by atoms with van der Waals surface area (Å²) in [6.07, 6.45) is 5.42. The van der Waals surface area contributed by atoms with Gasteiger partial charge in [0.25, 0.3) is 0 Å². The fourth-order valence-corrected chi connectivity index (χ4v) is 1.27. The summed E-state index contributed by atoms with van der Waals surface area (Å²) < 4.78 is 5.20. The first kappa shape index (κ1) is 13.0. The lowest BCUT2D eigenvalue weighted by Crippen LogP contribution is -2.35. The standard InChI is InChI=1S/C12H14N2O3/c1-2-7-16-10-5-3-9(4-6-10)8-11(13)12(15)17-14/h1,3-6,11H,7-8,13-14H2/t11-/m0/s1. The quantitative estimate of drug-likeness (QED) is 0.552. The number of terminal acetylenes is 1. The first-order valence-electron chi connectivity index (χ1n) is 4.98. The van der Waals surface area contributed by atoms with Crippen LogP contribution in [-0.4, -0.2) is 18.6 Å². The Labute approximate surface area is 99.6 Å². The minimum Gasteiger partial charge on any atom is -0.481 e. The Kier molecular flexibility index (Phi) is 5.01. The monoisotopic (exact) mass is 234 g/mol. The van der Waals surface area contributed by atoms with Crippen LogP contribution in [0.5, 0.6) is 5.75 Å². The molecule has 1 atom stereocenters. The molecule has 0 amide bonds. The van der Waals surface area contributed by atoms with Crippen molar-refractivity contribution in [2.75, 3.05) is 6.61 Å². The van der Waals surface area contributed by atoms with E-state index in [2.05, 4.69) is 10.8 Å². The van der Waals surface area contributed by atoms with E-state index in [9.17, 15) is 4.79 Å². The molecule has 0 aliphatic carbocycles. The largest absolute Gasteiger partial charge is 0.481 e. The lowest BCUT2D eigenvalue weighted by molar-refractivity contribution is -0.145. The highest BCUT2D eigenvalue weighted by Gasteiger charge is 2.14. The van der Waals surface area contributed by atoms with Gasteiger partial charge in [-0.05, 0) is 24.1 Å². The number of ether oxygens (including phenoxy) is 1. The zero-order valence-corrected chi connectivity index (χ0v) is 9.26. The maximum absolute atomic E-state index is 11.0. The summed E-state index contributed by atoms with van der Waals surface area (Å²) >= 11 is 0. The average Bonchev–Trinajstić information content (AvgIpc) is 2.37. The highest BCUT2D eigenvalue weighted by atomic mass is 16.7. The van der Waals surface area contributed by atoms with Gasteiger partial charge in [0.05, 0.1) is 0 Å². The Balaban J connectivity index is 2.56. The summed E-state index contributed by atoms with van der Waals surface area (Å²) in [5.74, 6) is 7.13. The molecule has 1 rings (SSSR count). The lowest BCUT2D eigenvalue weighted by Gasteiger charge is -2.09. The highest BCUT2D eigenvalue weighted by molar-refractivity contribution is 5.75. The minimum absolute atomic E-state index is 0.221. The van der Waals surface area contributed by atoms with Crippen LogP contribution in [0, 0.1) is 12.3 Å². The molecule has 90 valence electrons. The van der Waals surface area contributed by atoms with Gasteiger partial charge in [-0.15, -0.1) is 6.42 Å². The summed E-state index contributed by atoms with van der Waals surface area (Å²) in [6.45, 7) is 0.221. The summed E-state index contributed by atoms with van der Waals surface area (Å²) in [7, 11) is 0.